The topological polar surface area (TPSA) is 119 Å². The van der Waals surface area contributed by atoms with E-state index in [4.69, 9.17) is 5.11 Å². The Morgan fingerprint density at radius 3 is 2.19 bits per heavy atom. The number of amides is 3. The highest BCUT2D eigenvalue weighted by Gasteiger charge is 2.43. The van der Waals surface area contributed by atoms with Crippen LogP contribution in [0.4, 0.5) is 0 Å². The van der Waals surface area contributed by atoms with Crippen molar-refractivity contribution in [2.45, 2.75) is 56.7 Å². The molecule has 0 aromatic rings. The number of hydrogen-bond acceptors (Lipinski definition) is 5. The first-order chi connectivity index (χ1) is 12.5. The van der Waals surface area contributed by atoms with Crippen LogP contribution < -0.4 is 10.6 Å². The standard InChI is InChI=1S/C17H26N4O5/c22-14(23)10-19-15(24)12-5-2-8-20(12)17(26)13-6-3-9-21(13)16(25)11-4-1-7-18-11/h11-13,18H,1-10H2,(H,19,24)(H,22,23)/t11-,12-,13-/m0/s1. The number of nitrogens with one attached hydrogen (secondary N) is 2. The van der Waals surface area contributed by atoms with E-state index in [0.717, 1.165) is 25.8 Å². The number of carboxylic acid groups (broad SMARTS) is 1. The summed E-state index contributed by atoms with van der Waals surface area (Å²) in [6, 6.07) is -1.38. The van der Waals surface area contributed by atoms with Crippen LogP contribution in [0.5, 0.6) is 0 Å². The lowest BCUT2D eigenvalue weighted by molar-refractivity contribution is -0.147. The fraction of sp³-hybridized carbons (Fsp3) is 0.765. The van der Waals surface area contributed by atoms with Crippen LogP contribution in [0.15, 0.2) is 0 Å². The van der Waals surface area contributed by atoms with E-state index in [-0.39, 0.29) is 17.9 Å². The van der Waals surface area contributed by atoms with Gasteiger partial charge in [-0.15, -0.1) is 0 Å². The van der Waals surface area contributed by atoms with Gasteiger partial charge >= 0.3 is 5.97 Å². The van der Waals surface area contributed by atoms with Crippen molar-refractivity contribution in [3.05, 3.63) is 0 Å². The molecule has 3 fully saturated rings. The smallest absolute Gasteiger partial charge is 0.322 e. The lowest BCUT2D eigenvalue weighted by atomic mass is 10.1. The molecule has 3 aliphatic heterocycles. The molecule has 3 rings (SSSR count). The first kappa shape index (κ1) is 18.6. The molecule has 9 heteroatoms. The number of nitrogens with zero attached hydrogens (tertiary/aromatic N) is 2. The summed E-state index contributed by atoms with van der Waals surface area (Å²) < 4.78 is 0. The van der Waals surface area contributed by atoms with E-state index >= 15 is 0 Å². The molecule has 0 aromatic heterocycles. The number of carbonyl (C=O) groups is 4. The number of carboxylic acids is 1. The van der Waals surface area contributed by atoms with Gasteiger partial charge in [-0.1, -0.05) is 0 Å². The Morgan fingerprint density at radius 1 is 0.923 bits per heavy atom. The van der Waals surface area contributed by atoms with Gasteiger partial charge in [0, 0.05) is 13.1 Å². The zero-order chi connectivity index (χ0) is 18.7. The Morgan fingerprint density at radius 2 is 1.58 bits per heavy atom. The van der Waals surface area contributed by atoms with Crippen LogP contribution in [0.25, 0.3) is 0 Å². The number of aliphatic carboxylic acids is 1. The van der Waals surface area contributed by atoms with Gasteiger partial charge in [0.05, 0.1) is 6.04 Å². The van der Waals surface area contributed by atoms with Crippen molar-refractivity contribution >= 4 is 23.7 Å². The molecule has 0 spiro atoms. The van der Waals surface area contributed by atoms with E-state index in [1.54, 1.807) is 4.90 Å². The van der Waals surface area contributed by atoms with E-state index in [0.29, 0.717) is 32.4 Å². The van der Waals surface area contributed by atoms with Gasteiger partial charge in [0.1, 0.15) is 18.6 Å². The molecule has 0 saturated carbocycles. The summed E-state index contributed by atoms with van der Waals surface area (Å²) in [5.74, 6) is -1.77. The Labute approximate surface area is 152 Å². The SMILES string of the molecule is O=C(O)CNC(=O)[C@@H]1CCCN1C(=O)[C@@H]1CCCN1C(=O)[C@@H]1CCCN1. The Bertz CT molecular complexity index is 590. The second kappa shape index (κ2) is 8.03. The van der Waals surface area contributed by atoms with Crippen LogP contribution in [-0.2, 0) is 19.2 Å². The zero-order valence-corrected chi connectivity index (χ0v) is 14.8. The highest BCUT2D eigenvalue weighted by atomic mass is 16.4. The molecule has 3 N–H and O–H groups in total. The summed E-state index contributed by atoms with van der Waals surface area (Å²) >= 11 is 0. The summed E-state index contributed by atoms with van der Waals surface area (Å²) in [5.41, 5.74) is 0. The summed E-state index contributed by atoms with van der Waals surface area (Å²) in [4.78, 5) is 51.8. The third-order valence-corrected chi connectivity index (χ3v) is 5.43. The molecule has 3 heterocycles. The highest BCUT2D eigenvalue weighted by molar-refractivity contribution is 5.94. The van der Waals surface area contributed by atoms with Crippen LogP contribution in [-0.4, -0.2) is 82.9 Å². The van der Waals surface area contributed by atoms with Crippen molar-refractivity contribution in [3.8, 4) is 0 Å². The number of carbonyl (C=O) groups excluding carboxylic acids is 3. The third kappa shape index (κ3) is 3.82. The summed E-state index contributed by atoms with van der Waals surface area (Å²) in [5, 5.41) is 14.2. The van der Waals surface area contributed by atoms with Crippen LogP contribution in [0.2, 0.25) is 0 Å². The molecule has 26 heavy (non-hydrogen) atoms. The number of rotatable bonds is 5. The molecule has 144 valence electrons. The van der Waals surface area contributed by atoms with Crippen molar-refractivity contribution < 1.29 is 24.3 Å². The normalized spacial score (nSPS) is 28.4. The Kier molecular flexibility index (Phi) is 5.75. The Hall–Kier alpha value is -2.16. The minimum Gasteiger partial charge on any atom is -0.480 e. The predicted octanol–water partition coefficient (Wildman–Crippen LogP) is -1.08. The van der Waals surface area contributed by atoms with Crippen molar-refractivity contribution in [1.82, 2.24) is 20.4 Å². The minimum absolute atomic E-state index is 0.0237. The predicted molar refractivity (Wildman–Crippen MR) is 91.1 cm³/mol. The minimum atomic E-state index is -1.12. The molecule has 3 amide bonds. The molecule has 0 aromatic carbocycles. The van der Waals surface area contributed by atoms with Gasteiger partial charge in [-0.05, 0) is 45.1 Å². The van der Waals surface area contributed by atoms with E-state index in [9.17, 15) is 19.2 Å². The van der Waals surface area contributed by atoms with E-state index in [1.165, 1.54) is 4.90 Å². The molecule has 3 saturated heterocycles. The lowest BCUT2D eigenvalue weighted by Crippen LogP contribution is -2.55. The highest BCUT2D eigenvalue weighted by Crippen LogP contribution is 2.26. The molecule has 9 nitrogen and oxygen atoms in total. The van der Waals surface area contributed by atoms with Gasteiger partial charge in [0.25, 0.3) is 0 Å². The maximum Gasteiger partial charge on any atom is 0.322 e. The first-order valence-corrected chi connectivity index (χ1v) is 9.33. The molecule has 3 atom stereocenters. The van der Waals surface area contributed by atoms with Crippen LogP contribution >= 0.6 is 0 Å². The van der Waals surface area contributed by atoms with Crippen LogP contribution in [0.1, 0.15) is 38.5 Å². The second-order valence-corrected chi connectivity index (χ2v) is 7.14. The molecular weight excluding hydrogens is 340 g/mol. The summed E-state index contributed by atoms with van der Waals surface area (Å²) in [6.07, 6.45) is 4.35. The molecule has 0 aliphatic carbocycles. The maximum atomic E-state index is 13.0. The van der Waals surface area contributed by atoms with Crippen LogP contribution in [0.3, 0.4) is 0 Å². The molecule has 0 radical (unpaired) electrons. The number of hydrogen-bond donors (Lipinski definition) is 3. The van der Waals surface area contributed by atoms with Gasteiger partial charge in [-0.3, -0.25) is 19.2 Å². The largest absolute Gasteiger partial charge is 0.480 e. The number of likely N-dealkylation sites (tertiary alicyclic amines) is 2. The average Bonchev–Trinajstić information content (AvgIpc) is 3.38. The molecular formula is C17H26N4O5. The summed E-state index contributed by atoms with van der Waals surface area (Å²) in [6.45, 7) is 1.39. The fourth-order valence-electron chi connectivity index (χ4n) is 4.16. The van der Waals surface area contributed by atoms with E-state index < -0.39 is 30.5 Å². The van der Waals surface area contributed by atoms with E-state index in [1.807, 2.05) is 0 Å². The quantitative estimate of drug-likeness (QED) is 0.570. The molecule has 0 unspecified atom stereocenters. The lowest BCUT2D eigenvalue weighted by Gasteiger charge is -2.32. The zero-order valence-electron chi connectivity index (χ0n) is 14.8. The first-order valence-electron chi connectivity index (χ1n) is 9.33. The van der Waals surface area contributed by atoms with Gasteiger partial charge in [0.15, 0.2) is 0 Å². The second-order valence-electron chi connectivity index (χ2n) is 7.14. The molecule has 3 aliphatic rings. The van der Waals surface area contributed by atoms with Crippen LogP contribution in [0, 0.1) is 0 Å². The maximum absolute atomic E-state index is 13.0. The Balaban J connectivity index is 1.65. The monoisotopic (exact) mass is 366 g/mol. The fourth-order valence-corrected chi connectivity index (χ4v) is 4.16. The van der Waals surface area contributed by atoms with Gasteiger partial charge in [-0.25, -0.2) is 0 Å². The van der Waals surface area contributed by atoms with Gasteiger partial charge in [-0.2, -0.15) is 0 Å². The molecule has 0 bridgehead atoms. The van der Waals surface area contributed by atoms with Crippen molar-refractivity contribution in [3.63, 3.8) is 0 Å². The van der Waals surface area contributed by atoms with Crippen molar-refractivity contribution in [2.75, 3.05) is 26.2 Å². The van der Waals surface area contributed by atoms with Crippen molar-refractivity contribution in [1.29, 1.82) is 0 Å². The summed E-state index contributed by atoms with van der Waals surface area (Å²) in [7, 11) is 0. The van der Waals surface area contributed by atoms with E-state index in [2.05, 4.69) is 10.6 Å². The average molecular weight is 366 g/mol. The van der Waals surface area contributed by atoms with Gasteiger partial charge < -0.3 is 25.5 Å². The van der Waals surface area contributed by atoms with Gasteiger partial charge in [0.2, 0.25) is 17.7 Å². The van der Waals surface area contributed by atoms with Crippen molar-refractivity contribution in [2.24, 2.45) is 0 Å². The third-order valence-electron chi connectivity index (χ3n) is 5.43.